The molecule has 0 saturated heterocycles. The van der Waals surface area contributed by atoms with Crippen molar-refractivity contribution in [1.29, 1.82) is 0 Å². The Hall–Kier alpha value is -0.730. The number of carbonyl (C=O) groups is 1. The van der Waals surface area contributed by atoms with E-state index < -0.39 is 5.60 Å². The highest BCUT2D eigenvalue weighted by Gasteiger charge is 2.18. The molecule has 0 N–H and O–H groups in total. The lowest BCUT2D eigenvalue weighted by atomic mass is 9.96. The summed E-state index contributed by atoms with van der Waals surface area (Å²) in [6, 6.07) is 4.19. The van der Waals surface area contributed by atoms with Crippen LogP contribution < -0.4 is 0 Å². The molecule has 0 bridgehead atoms. The zero-order valence-electron chi connectivity index (χ0n) is 17.5. The van der Waals surface area contributed by atoms with Crippen LogP contribution in [-0.4, -0.2) is 53.5 Å². The van der Waals surface area contributed by atoms with Crippen LogP contribution in [0.4, 0.5) is 0 Å². The van der Waals surface area contributed by atoms with Crippen LogP contribution in [0.5, 0.6) is 0 Å². The summed E-state index contributed by atoms with van der Waals surface area (Å²) in [5.41, 5.74) is 1.84. The molecule has 0 atom stereocenters. The standard InChI is InChI=1S/C20H34IN3O2/c1-19(2,3)14-24(8)12-17-10-15(21)9-16(22-17)11-23(7)13-18(25)26-20(4,5)6/h9-10H,11-14H2,1-8H3. The fourth-order valence-corrected chi connectivity index (χ4v) is 3.56. The molecule has 0 fully saturated rings. The number of halogens is 1. The number of rotatable bonds is 7. The van der Waals surface area contributed by atoms with E-state index in [2.05, 4.69) is 67.4 Å². The van der Waals surface area contributed by atoms with Gasteiger partial charge in [0.25, 0.3) is 0 Å². The van der Waals surface area contributed by atoms with Crippen molar-refractivity contribution in [3.05, 3.63) is 27.1 Å². The fraction of sp³-hybridized carbons (Fsp3) is 0.700. The minimum absolute atomic E-state index is 0.212. The van der Waals surface area contributed by atoms with Gasteiger partial charge < -0.3 is 9.64 Å². The van der Waals surface area contributed by atoms with Crippen LogP contribution in [0.3, 0.4) is 0 Å². The molecule has 1 aromatic rings. The number of carbonyl (C=O) groups excluding carboxylic acids is 1. The van der Waals surface area contributed by atoms with Gasteiger partial charge in [-0.2, -0.15) is 0 Å². The highest BCUT2D eigenvalue weighted by molar-refractivity contribution is 14.1. The molecular formula is C20H34IN3O2. The van der Waals surface area contributed by atoms with E-state index in [1.54, 1.807) is 0 Å². The monoisotopic (exact) mass is 475 g/mol. The van der Waals surface area contributed by atoms with Gasteiger partial charge in [-0.25, -0.2) is 0 Å². The second-order valence-electron chi connectivity index (χ2n) is 9.26. The largest absolute Gasteiger partial charge is 0.459 e. The van der Waals surface area contributed by atoms with E-state index in [4.69, 9.17) is 9.72 Å². The van der Waals surface area contributed by atoms with Crippen molar-refractivity contribution in [1.82, 2.24) is 14.8 Å². The summed E-state index contributed by atoms with van der Waals surface area (Å²) in [5.74, 6) is -0.212. The minimum Gasteiger partial charge on any atom is -0.459 e. The van der Waals surface area contributed by atoms with Crippen molar-refractivity contribution >= 4 is 28.6 Å². The van der Waals surface area contributed by atoms with Crippen molar-refractivity contribution < 1.29 is 9.53 Å². The second-order valence-corrected chi connectivity index (χ2v) is 10.5. The predicted octanol–water partition coefficient (Wildman–Crippen LogP) is 3.94. The number of nitrogens with zero attached hydrogens (tertiary/aromatic N) is 3. The fourth-order valence-electron chi connectivity index (χ4n) is 2.84. The van der Waals surface area contributed by atoms with Gasteiger partial charge in [0.05, 0.1) is 17.9 Å². The molecule has 0 unspecified atom stereocenters. The molecule has 0 radical (unpaired) electrons. The van der Waals surface area contributed by atoms with Gasteiger partial charge in [-0.1, -0.05) is 20.8 Å². The summed E-state index contributed by atoms with van der Waals surface area (Å²) >= 11 is 2.33. The SMILES string of the molecule is CN(CC(=O)OC(C)(C)C)Cc1cc(I)cc(CN(C)CC(C)(C)C)n1. The Bertz CT molecular complexity index is 606. The Labute approximate surface area is 172 Å². The van der Waals surface area contributed by atoms with Crippen LogP contribution in [0.15, 0.2) is 12.1 Å². The quantitative estimate of drug-likeness (QED) is 0.442. The normalized spacial score (nSPS) is 12.7. The zero-order valence-corrected chi connectivity index (χ0v) is 19.7. The summed E-state index contributed by atoms with van der Waals surface area (Å²) in [7, 11) is 4.04. The van der Waals surface area contributed by atoms with Crippen molar-refractivity contribution in [3.8, 4) is 0 Å². The van der Waals surface area contributed by atoms with Crippen molar-refractivity contribution in [2.45, 2.75) is 60.2 Å². The van der Waals surface area contributed by atoms with Crippen LogP contribution in [0.1, 0.15) is 52.9 Å². The molecule has 0 aliphatic carbocycles. The number of hydrogen-bond acceptors (Lipinski definition) is 5. The van der Waals surface area contributed by atoms with Gasteiger partial charge in [-0.15, -0.1) is 0 Å². The average molecular weight is 475 g/mol. The molecule has 1 aromatic heterocycles. The molecule has 1 heterocycles. The number of hydrogen-bond donors (Lipinski definition) is 0. The first-order chi connectivity index (χ1) is 11.7. The third-order valence-corrected chi connectivity index (χ3v) is 3.95. The molecule has 148 valence electrons. The maximum Gasteiger partial charge on any atom is 0.320 e. The lowest BCUT2D eigenvalue weighted by Crippen LogP contribution is -2.33. The van der Waals surface area contributed by atoms with E-state index in [-0.39, 0.29) is 17.9 Å². The smallest absolute Gasteiger partial charge is 0.320 e. The van der Waals surface area contributed by atoms with Crippen molar-refractivity contribution in [3.63, 3.8) is 0 Å². The summed E-state index contributed by atoms with van der Waals surface area (Å²) < 4.78 is 6.55. The topological polar surface area (TPSA) is 45.7 Å². The third kappa shape index (κ3) is 10.4. The molecule has 0 aliphatic rings. The Kier molecular flexibility index (Phi) is 8.48. The van der Waals surface area contributed by atoms with E-state index in [0.717, 1.165) is 28.0 Å². The minimum atomic E-state index is -0.455. The average Bonchev–Trinajstić information content (AvgIpc) is 2.31. The maximum atomic E-state index is 12.0. The summed E-state index contributed by atoms with van der Waals surface area (Å²) in [6.07, 6.45) is 0. The number of aromatic nitrogens is 1. The Morgan fingerprint density at radius 2 is 1.54 bits per heavy atom. The Morgan fingerprint density at radius 3 is 2.00 bits per heavy atom. The van der Waals surface area contributed by atoms with Gasteiger partial charge in [0.1, 0.15) is 5.60 Å². The zero-order chi connectivity index (χ0) is 20.1. The molecule has 5 nitrogen and oxygen atoms in total. The van der Waals surface area contributed by atoms with Crippen LogP contribution in [0.25, 0.3) is 0 Å². The molecule has 1 rings (SSSR count). The van der Waals surface area contributed by atoms with Crippen molar-refractivity contribution in [2.75, 3.05) is 27.2 Å². The summed E-state index contributed by atoms with van der Waals surface area (Å²) in [6.45, 7) is 15.1. The van der Waals surface area contributed by atoms with E-state index in [1.165, 1.54) is 0 Å². The van der Waals surface area contributed by atoms with Gasteiger partial charge in [-0.3, -0.25) is 14.7 Å². The third-order valence-electron chi connectivity index (χ3n) is 3.32. The molecule has 6 heteroatoms. The number of esters is 1. The van der Waals surface area contributed by atoms with Gasteiger partial charge in [-0.05, 0) is 75.0 Å². The lowest BCUT2D eigenvalue weighted by molar-refractivity contribution is -0.155. The molecule has 0 aromatic carbocycles. The number of pyridine rings is 1. The van der Waals surface area contributed by atoms with Crippen LogP contribution in [0, 0.1) is 8.99 Å². The Balaban J connectivity index is 2.70. The van der Waals surface area contributed by atoms with Crippen LogP contribution in [0.2, 0.25) is 0 Å². The maximum absolute atomic E-state index is 12.0. The molecule has 0 amide bonds. The molecule has 0 saturated carbocycles. The highest BCUT2D eigenvalue weighted by Crippen LogP contribution is 2.17. The lowest BCUT2D eigenvalue weighted by Gasteiger charge is -2.26. The van der Waals surface area contributed by atoms with Gasteiger partial charge in [0.2, 0.25) is 0 Å². The molecule has 0 spiro atoms. The number of likely N-dealkylation sites (N-methyl/N-ethyl adjacent to an activating group) is 1. The second kappa shape index (κ2) is 9.46. The van der Waals surface area contributed by atoms with Gasteiger partial charge in [0, 0.05) is 23.2 Å². The van der Waals surface area contributed by atoms with Crippen molar-refractivity contribution in [2.24, 2.45) is 5.41 Å². The van der Waals surface area contributed by atoms with Crippen LogP contribution in [-0.2, 0) is 22.6 Å². The van der Waals surface area contributed by atoms with Crippen LogP contribution >= 0.6 is 22.6 Å². The van der Waals surface area contributed by atoms with Gasteiger partial charge >= 0.3 is 5.97 Å². The van der Waals surface area contributed by atoms with E-state index in [0.29, 0.717) is 6.54 Å². The first-order valence-electron chi connectivity index (χ1n) is 8.98. The molecule has 0 aliphatic heterocycles. The van der Waals surface area contributed by atoms with E-state index in [9.17, 15) is 4.79 Å². The van der Waals surface area contributed by atoms with E-state index >= 15 is 0 Å². The number of ether oxygens (including phenoxy) is 1. The summed E-state index contributed by atoms with van der Waals surface area (Å²) in [4.78, 5) is 21.0. The highest BCUT2D eigenvalue weighted by atomic mass is 127. The molecule has 26 heavy (non-hydrogen) atoms. The summed E-state index contributed by atoms with van der Waals surface area (Å²) in [5, 5.41) is 0. The Morgan fingerprint density at radius 1 is 1.04 bits per heavy atom. The first kappa shape index (κ1) is 23.3. The van der Waals surface area contributed by atoms with E-state index in [1.807, 2.05) is 32.7 Å². The first-order valence-corrected chi connectivity index (χ1v) is 10.1. The predicted molar refractivity (Wildman–Crippen MR) is 115 cm³/mol. The molecular weight excluding hydrogens is 441 g/mol. The van der Waals surface area contributed by atoms with Gasteiger partial charge in [0.15, 0.2) is 0 Å².